The second kappa shape index (κ2) is 8.96. The SMILES string of the molecule is Cc1[nH]cc2cc(C(=O)N(c3ccccc3Oc3ccccc3)C3CCNCC3)[nH]c(=O)c12. The standard InChI is InChI=1S/C26H26N4O3/c1-17-24-18(16-28-17)15-21(29-25(24)31)26(32)30(19-11-13-27-14-12-19)22-9-5-6-10-23(22)33-20-7-3-2-4-8-20/h2-10,15-16,19,27-28H,11-14H2,1H3,(H,29,31). The van der Waals surface area contributed by atoms with E-state index < -0.39 is 0 Å². The molecule has 0 aliphatic carbocycles. The number of amides is 1. The molecule has 4 aromatic rings. The van der Waals surface area contributed by atoms with Crippen LogP contribution in [0.3, 0.4) is 0 Å². The van der Waals surface area contributed by atoms with Crippen LogP contribution < -0.4 is 20.5 Å². The topological polar surface area (TPSA) is 90.2 Å². The summed E-state index contributed by atoms with van der Waals surface area (Å²) in [4.78, 5) is 34.3. The van der Waals surface area contributed by atoms with E-state index in [-0.39, 0.29) is 23.2 Å². The number of ether oxygens (including phenoxy) is 1. The summed E-state index contributed by atoms with van der Waals surface area (Å²) in [5.74, 6) is 1.04. The van der Waals surface area contributed by atoms with Crippen molar-refractivity contribution < 1.29 is 9.53 Å². The van der Waals surface area contributed by atoms with Crippen molar-refractivity contribution >= 4 is 22.4 Å². The van der Waals surface area contributed by atoms with Gasteiger partial charge in [0, 0.05) is 23.3 Å². The molecule has 2 aromatic carbocycles. The summed E-state index contributed by atoms with van der Waals surface area (Å²) in [6.45, 7) is 3.49. The Bertz CT molecular complexity index is 1340. The molecule has 2 aromatic heterocycles. The molecule has 1 amide bonds. The molecule has 0 radical (unpaired) electrons. The highest BCUT2D eigenvalue weighted by atomic mass is 16.5. The van der Waals surface area contributed by atoms with E-state index in [1.54, 1.807) is 17.2 Å². The third-order valence-electron chi connectivity index (χ3n) is 6.10. The molecule has 3 heterocycles. The van der Waals surface area contributed by atoms with Crippen LogP contribution in [0, 0.1) is 6.92 Å². The van der Waals surface area contributed by atoms with Crippen LogP contribution in [0.25, 0.3) is 10.8 Å². The van der Waals surface area contributed by atoms with Crippen LogP contribution in [0.1, 0.15) is 29.0 Å². The predicted molar refractivity (Wildman–Crippen MR) is 129 cm³/mol. The van der Waals surface area contributed by atoms with Gasteiger partial charge in [0.2, 0.25) is 0 Å². The zero-order chi connectivity index (χ0) is 22.8. The number of carbonyl (C=O) groups excluding carboxylic acids is 1. The molecule has 0 saturated carbocycles. The number of anilines is 1. The van der Waals surface area contributed by atoms with Gasteiger partial charge < -0.3 is 24.9 Å². The van der Waals surface area contributed by atoms with Crippen molar-refractivity contribution in [3.05, 3.63) is 88.6 Å². The Morgan fingerprint density at radius 2 is 1.76 bits per heavy atom. The molecule has 0 unspecified atom stereocenters. The minimum absolute atomic E-state index is 0.0218. The molecular weight excluding hydrogens is 416 g/mol. The van der Waals surface area contributed by atoms with Crippen molar-refractivity contribution in [2.45, 2.75) is 25.8 Å². The number of aryl methyl sites for hydroxylation is 1. The number of nitrogens with zero attached hydrogens (tertiary/aromatic N) is 1. The number of hydrogen-bond donors (Lipinski definition) is 3. The Kier molecular flexibility index (Phi) is 5.71. The summed E-state index contributed by atoms with van der Waals surface area (Å²) >= 11 is 0. The van der Waals surface area contributed by atoms with Gasteiger partial charge in [-0.05, 0) is 63.2 Å². The Balaban J connectivity index is 1.59. The number of aromatic nitrogens is 2. The van der Waals surface area contributed by atoms with Crippen LogP contribution in [0.15, 0.2) is 71.7 Å². The van der Waals surface area contributed by atoms with E-state index in [4.69, 9.17) is 4.74 Å². The summed E-state index contributed by atoms with van der Waals surface area (Å²) in [5.41, 5.74) is 1.46. The van der Waals surface area contributed by atoms with Crippen LogP contribution in [0.5, 0.6) is 11.5 Å². The van der Waals surface area contributed by atoms with Gasteiger partial charge in [-0.3, -0.25) is 9.59 Å². The Morgan fingerprint density at radius 1 is 1.03 bits per heavy atom. The quantitative estimate of drug-likeness (QED) is 0.428. The highest BCUT2D eigenvalue weighted by Crippen LogP contribution is 2.35. The largest absolute Gasteiger partial charge is 0.455 e. The summed E-state index contributed by atoms with van der Waals surface area (Å²) in [7, 11) is 0. The van der Waals surface area contributed by atoms with E-state index in [9.17, 15) is 9.59 Å². The van der Waals surface area contributed by atoms with Gasteiger partial charge in [0.25, 0.3) is 11.5 Å². The first kappa shape index (κ1) is 21.0. The number of H-pyrrole nitrogens is 2. The number of piperidine rings is 1. The fourth-order valence-electron chi connectivity index (χ4n) is 4.48. The van der Waals surface area contributed by atoms with E-state index >= 15 is 0 Å². The summed E-state index contributed by atoms with van der Waals surface area (Å²) in [5, 5.41) is 4.66. The van der Waals surface area contributed by atoms with E-state index in [0.717, 1.165) is 37.0 Å². The van der Waals surface area contributed by atoms with Crippen LogP contribution in [-0.2, 0) is 0 Å². The van der Waals surface area contributed by atoms with Gasteiger partial charge in [-0.2, -0.15) is 0 Å². The number of benzene rings is 2. The van der Waals surface area contributed by atoms with Gasteiger partial charge in [0.1, 0.15) is 11.4 Å². The average molecular weight is 443 g/mol. The van der Waals surface area contributed by atoms with Crippen molar-refractivity contribution in [1.82, 2.24) is 15.3 Å². The molecule has 7 heteroatoms. The highest BCUT2D eigenvalue weighted by Gasteiger charge is 2.31. The highest BCUT2D eigenvalue weighted by molar-refractivity contribution is 6.07. The number of rotatable bonds is 5. The van der Waals surface area contributed by atoms with Crippen molar-refractivity contribution in [3.63, 3.8) is 0 Å². The van der Waals surface area contributed by atoms with Crippen molar-refractivity contribution in [2.24, 2.45) is 0 Å². The zero-order valence-electron chi connectivity index (χ0n) is 18.4. The van der Waals surface area contributed by atoms with Gasteiger partial charge in [-0.15, -0.1) is 0 Å². The Morgan fingerprint density at radius 3 is 2.55 bits per heavy atom. The number of pyridine rings is 1. The lowest BCUT2D eigenvalue weighted by Gasteiger charge is -2.35. The van der Waals surface area contributed by atoms with Gasteiger partial charge in [0.05, 0.1) is 11.1 Å². The van der Waals surface area contributed by atoms with Crippen LogP contribution in [0.2, 0.25) is 0 Å². The lowest BCUT2D eigenvalue weighted by molar-refractivity contribution is 0.0966. The fraction of sp³-hybridized carbons (Fsp3) is 0.231. The molecule has 33 heavy (non-hydrogen) atoms. The van der Waals surface area contributed by atoms with Crippen molar-refractivity contribution in [1.29, 1.82) is 0 Å². The maximum atomic E-state index is 13.9. The molecule has 0 spiro atoms. The second-order valence-corrected chi connectivity index (χ2v) is 8.30. The third kappa shape index (κ3) is 4.15. The van der Waals surface area contributed by atoms with Gasteiger partial charge in [0.15, 0.2) is 5.75 Å². The van der Waals surface area contributed by atoms with Crippen LogP contribution in [-0.4, -0.2) is 35.0 Å². The first-order valence-corrected chi connectivity index (χ1v) is 11.2. The molecule has 168 valence electrons. The van der Waals surface area contributed by atoms with E-state index in [0.29, 0.717) is 22.6 Å². The minimum atomic E-state index is -0.270. The van der Waals surface area contributed by atoms with E-state index in [1.807, 2.05) is 61.5 Å². The molecule has 1 saturated heterocycles. The molecule has 3 N–H and O–H groups in total. The van der Waals surface area contributed by atoms with Crippen LogP contribution in [0.4, 0.5) is 5.69 Å². The first-order chi connectivity index (χ1) is 16.1. The first-order valence-electron chi connectivity index (χ1n) is 11.2. The summed E-state index contributed by atoms with van der Waals surface area (Å²) in [6, 6.07) is 18.8. The molecular formula is C26H26N4O3. The average Bonchev–Trinajstić information content (AvgIpc) is 3.23. The maximum absolute atomic E-state index is 13.9. The second-order valence-electron chi connectivity index (χ2n) is 8.30. The molecule has 0 bridgehead atoms. The molecule has 5 rings (SSSR count). The summed E-state index contributed by atoms with van der Waals surface area (Å²) < 4.78 is 6.18. The van der Waals surface area contributed by atoms with Gasteiger partial charge in [-0.1, -0.05) is 30.3 Å². The molecule has 1 aliphatic heterocycles. The van der Waals surface area contributed by atoms with Crippen LogP contribution >= 0.6 is 0 Å². The number of aromatic amines is 2. The van der Waals surface area contributed by atoms with E-state index in [1.165, 1.54) is 0 Å². The monoisotopic (exact) mass is 442 g/mol. The maximum Gasteiger partial charge on any atom is 0.275 e. The number of hydrogen-bond acceptors (Lipinski definition) is 4. The number of nitrogens with one attached hydrogen (secondary N) is 3. The zero-order valence-corrected chi connectivity index (χ0v) is 18.4. The number of fused-ring (bicyclic) bond motifs is 1. The smallest absolute Gasteiger partial charge is 0.275 e. The fourth-order valence-corrected chi connectivity index (χ4v) is 4.48. The lowest BCUT2D eigenvalue weighted by Crippen LogP contribution is -2.47. The third-order valence-corrected chi connectivity index (χ3v) is 6.10. The molecule has 0 atom stereocenters. The number of para-hydroxylation sites is 3. The summed E-state index contributed by atoms with van der Waals surface area (Å²) in [6.07, 6.45) is 3.38. The lowest BCUT2D eigenvalue weighted by atomic mass is 10.0. The normalized spacial score (nSPS) is 14.3. The number of carbonyl (C=O) groups is 1. The molecule has 7 nitrogen and oxygen atoms in total. The Hall–Kier alpha value is -3.84. The van der Waals surface area contributed by atoms with Crippen molar-refractivity contribution in [3.8, 4) is 11.5 Å². The minimum Gasteiger partial charge on any atom is -0.455 e. The predicted octanol–water partition coefficient (Wildman–Crippen LogP) is 4.36. The Labute approximate surface area is 191 Å². The van der Waals surface area contributed by atoms with Gasteiger partial charge in [-0.25, -0.2) is 0 Å². The van der Waals surface area contributed by atoms with Crippen molar-refractivity contribution in [2.75, 3.05) is 18.0 Å². The molecule has 1 aliphatic rings. The molecule has 1 fully saturated rings. The van der Waals surface area contributed by atoms with Gasteiger partial charge >= 0.3 is 0 Å². The van der Waals surface area contributed by atoms with E-state index in [2.05, 4.69) is 15.3 Å².